The minimum atomic E-state index is -0.992. The molecule has 1 N–H and O–H groups in total. The van der Waals surface area contributed by atoms with Crippen LogP contribution in [0.4, 0.5) is 4.39 Å². The maximum atomic E-state index is 14.1. The van der Waals surface area contributed by atoms with Crippen LogP contribution < -0.4 is 5.32 Å². The summed E-state index contributed by atoms with van der Waals surface area (Å²) in [6, 6.07) is 0. The molecule has 0 radical (unpaired) electrons. The highest BCUT2D eigenvalue weighted by Crippen LogP contribution is 2.32. The first-order valence-electron chi connectivity index (χ1n) is 5.08. The molecule has 3 heteroatoms. The zero-order chi connectivity index (χ0) is 9.90. The van der Waals surface area contributed by atoms with Gasteiger partial charge in [0.25, 0.3) is 0 Å². The van der Waals surface area contributed by atoms with Gasteiger partial charge in [0.2, 0.25) is 0 Å². The summed E-state index contributed by atoms with van der Waals surface area (Å²) in [5, 5.41) is 3.00. The Bertz CT molecular complexity index is 159. The van der Waals surface area contributed by atoms with Gasteiger partial charge in [-0.1, -0.05) is 0 Å². The molecule has 0 saturated carbocycles. The van der Waals surface area contributed by atoms with Crippen LogP contribution >= 0.6 is 0 Å². The third-order valence-electron chi connectivity index (χ3n) is 3.11. The molecule has 2 unspecified atom stereocenters. The summed E-state index contributed by atoms with van der Waals surface area (Å²) in [5.74, 6) is 0.228. The van der Waals surface area contributed by atoms with Gasteiger partial charge in [0.1, 0.15) is 5.67 Å². The van der Waals surface area contributed by atoms with E-state index in [1.165, 1.54) is 0 Å². The molecule has 1 rings (SSSR count). The largest absolute Gasteiger partial charge is 0.320 e. The lowest BCUT2D eigenvalue weighted by atomic mass is 9.87. The maximum absolute atomic E-state index is 14.1. The quantitative estimate of drug-likeness (QED) is 0.715. The summed E-state index contributed by atoms with van der Waals surface area (Å²) >= 11 is 0. The van der Waals surface area contributed by atoms with Crippen LogP contribution in [0.3, 0.4) is 0 Å². The lowest BCUT2D eigenvalue weighted by Gasteiger charge is -2.27. The summed E-state index contributed by atoms with van der Waals surface area (Å²) in [5.41, 5.74) is -0.992. The van der Waals surface area contributed by atoms with Gasteiger partial charge in [0.05, 0.1) is 0 Å². The molecule has 0 aliphatic carbocycles. The normalized spacial score (nSPS) is 29.1. The number of alkyl halides is 1. The van der Waals surface area contributed by atoms with Crippen LogP contribution in [0.2, 0.25) is 0 Å². The van der Waals surface area contributed by atoms with Crippen LogP contribution in [0.25, 0.3) is 0 Å². The number of nitrogens with one attached hydrogen (secondary N) is 1. The molecule has 0 bridgehead atoms. The van der Waals surface area contributed by atoms with Crippen molar-refractivity contribution in [3.63, 3.8) is 0 Å². The molecule has 78 valence electrons. The average Bonchev–Trinajstić information content (AvgIpc) is 2.49. The van der Waals surface area contributed by atoms with Gasteiger partial charge in [-0.3, -0.25) is 0 Å². The van der Waals surface area contributed by atoms with Gasteiger partial charge in [-0.15, -0.1) is 0 Å². The molecule has 1 aliphatic rings. The van der Waals surface area contributed by atoms with E-state index in [1.807, 2.05) is 7.05 Å². The van der Waals surface area contributed by atoms with E-state index in [0.717, 1.165) is 26.1 Å². The van der Waals surface area contributed by atoms with E-state index in [9.17, 15) is 4.39 Å². The summed E-state index contributed by atoms with van der Waals surface area (Å²) in [6.07, 6.45) is 1.63. The molecule has 0 spiro atoms. The third kappa shape index (κ3) is 2.92. The number of likely N-dealkylation sites (tertiary alicyclic amines) is 1. The molecule has 1 fully saturated rings. The molecule has 0 aromatic carbocycles. The Kier molecular flexibility index (Phi) is 3.68. The van der Waals surface area contributed by atoms with Crippen molar-refractivity contribution >= 4 is 0 Å². The van der Waals surface area contributed by atoms with Gasteiger partial charge in [-0.05, 0) is 47.0 Å². The summed E-state index contributed by atoms with van der Waals surface area (Å²) in [7, 11) is 3.94. The van der Waals surface area contributed by atoms with E-state index in [-0.39, 0.29) is 5.92 Å². The number of rotatable bonds is 4. The van der Waals surface area contributed by atoms with Gasteiger partial charge in [-0.25, -0.2) is 4.39 Å². The van der Waals surface area contributed by atoms with E-state index in [1.54, 1.807) is 6.92 Å². The molecule has 2 nitrogen and oxygen atoms in total. The fraction of sp³-hybridized carbons (Fsp3) is 1.00. The molecule has 0 amide bonds. The van der Waals surface area contributed by atoms with E-state index < -0.39 is 5.67 Å². The van der Waals surface area contributed by atoms with Gasteiger partial charge >= 0.3 is 0 Å². The fourth-order valence-corrected chi connectivity index (χ4v) is 2.00. The second-order valence-corrected chi connectivity index (χ2v) is 4.38. The second kappa shape index (κ2) is 4.38. The van der Waals surface area contributed by atoms with Crippen molar-refractivity contribution in [3.8, 4) is 0 Å². The lowest BCUT2D eigenvalue weighted by Crippen LogP contribution is -2.34. The number of hydrogen-bond acceptors (Lipinski definition) is 2. The van der Waals surface area contributed by atoms with Crippen LogP contribution in [0.5, 0.6) is 0 Å². The minimum Gasteiger partial charge on any atom is -0.320 e. The standard InChI is InChI=1S/C10H21FN2/c1-10(11,5-6-12-2)9-4-7-13(3)8-9/h9,12H,4-8H2,1-3H3. The molecule has 1 aliphatic heterocycles. The zero-order valence-corrected chi connectivity index (χ0v) is 8.94. The van der Waals surface area contributed by atoms with Gasteiger partial charge in [0.15, 0.2) is 0 Å². The van der Waals surface area contributed by atoms with Crippen LogP contribution in [-0.4, -0.2) is 44.3 Å². The van der Waals surface area contributed by atoms with E-state index >= 15 is 0 Å². The Hall–Kier alpha value is -0.150. The number of halogens is 1. The summed E-state index contributed by atoms with van der Waals surface area (Å²) in [6.45, 7) is 4.47. The van der Waals surface area contributed by atoms with Crippen LogP contribution in [0.1, 0.15) is 19.8 Å². The highest BCUT2D eigenvalue weighted by molar-refractivity contribution is 4.89. The number of hydrogen-bond donors (Lipinski definition) is 1. The van der Waals surface area contributed by atoms with E-state index in [4.69, 9.17) is 0 Å². The van der Waals surface area contributed by atoms with Crippen LogP contribution in [0, 0.1) is 5.92 Å². The average molecular weight is 188 g/mol. The van der Waals surface area contributed by atoms with Crippen molar-refractivity contribution in [1.82, 2.24) is 10.2 Å². The first-order chi connectivity index (χ1) is 6.06. The monoisotopic (exact) mass is 188 g/mol. The molecule has 0 aromatic heterocycles. The molecule has 1 heterocycles. The Morgan fingerprint density at radius 1 is 1.62 bits per heavy atom. The molecule has 13 heavy (non-hydrogen) atoms. The summed E-state index contributed by atoms with van der Waals surface area (Å²) in [4.78, 5) is 2.21. The Morgan fingerprint density at radius 3 is 2.77 bits per heavy atom. The van der Waals surface area contributed by atoms with Crippen molar-refractivity contribution in [2.75, 3.05) is 33.7 Å². The van der Waals surface area contributed by atoms with E-state index in [2.05, 4.69) is 17.3 Å². The maximum Gasteiger partial charge on any atom is 0.113 e. The van der Waals surface area contributed by atoms with Crippen LogP contribution in [0.15, 0.2) is 0 Å². The molecule has 1 saturated heterocycles. The van der Waals surface area contributed by atoms with Gasteiger partial charge < -0.3 is 10.2 Å². The van der Waals surface area contributed by atoms with Crippen molar-refractivity contribution in [1.29, 1.82) is 0 Å². The molecular weight excluding hydrogens is 167 g/mol. The van der Waals surface area contributed by atoms with Gasteiger partial charge in [-0.2, -0.15) is 0 Å². The van der Waals surface area contributed by atoms with Crippen molar-refractivity contribution in [3.05, 3.63) is 0 Å². The predicted molar refractivity (Wildman–Crippen MR) is 53.7 cm³/mol. The topological polar surface area (TPSA) is 15.3 Å². The second-order valence-electron chi connectivity index (χ2n) is 4.38. The van der Waals surface area contributed by atoms with Gasteiger partial charge in [0, 0.05) is 12.5 Å². The zero-order valence-electron chi connectivity index (χ0n) is 8.94. The lowest BCUT2D eigenvalue weighted by molar-refractivity contribution is 0.0967. The molecule has 0 aromatic rings. The van der Waals surface area contributed by atoms with Crippen molar-refractivity contribution in [2.45, 2.75) is 25.4 Å². The summed E-state index contributed by atoms with van der Waals surface area (Å²) < 4.78 is 14.1. The molecular formula is C10H21FN2. The first kappa shape index (κ1) is 10.9. The Labute approximate surface area is 80.5 Å². The highest BCUT2D eigenvalue weighted by Gasteiger charge is 2.37. The molecule has 2 atom stereocenters. The third-order valence-corrected chi connectivity index (χ3v) is 3.11. The SMILES string of the molecule is CNCCC(C)(F)C1CCN(C)C1. The predicted octanol–water partition coefficient (Wildman–Crippen LogP) is 1.28. The van der Waals surface area contributed by atoms with E-state index in [0.29, 0.717) is 6.42 Å². The van der Waals surface area contributed by atoms with Crippen molar-refractivity contribution < 1.29 is 4.39 Å². The smallest absolute Gasteiger partial charge is 0.113 e. The number of nitrogens with zero attached hydrogens (tertiary/aromatic N) is 1. The Morgan fingerprint density at radius 2 is 2.31 bits per heavy atom. The minimum absolute atomic E-state index is 0.228. The fourth-order valence-electron chi connectivity index (χ4n) is 2.00. The van der Waals surface area contributed by atoms with Crippen LogP contribution in [-0.2, 0) is 0 Å². The Balaban J connectivity index is 2.39. The highest BCUT2D eigenvalue weighted by atomic mass is 19.1. The first-order valence-corrected chi connectivity index (χ1v) is 5.08. The van der Waals surface area contributed by atoms with Crippen molar-refractivity contribution in [2.24, 2.45) is 5.92 Å².